The average molecular weight is 348 g/mol. The van der Waals surface area contributed by atoms with Crippen molar-refractivity contribution in [2.45, 2.75) is 40.2 Å². The van der Waals surface area contributed by atoms with Gasteiger partial charge in [0.1, 0.15) is 5.75 Å². The summed E-state index contributed by atoms with van der Waals surface area (Å²) in [5.74, 6) is 1.48. The van der Waals surface area contributed by atoms with Gasteiger partial charge in [0.25, 0.3) is 5.91 Å². The van der Waals surface area contributed by atoms with Crippen LogP contribution in [0.4, 0.5) is 0 Å². The number of nitrogens with zero attached hydrogens (tertiary/aromatic N) is 2. The van der Waals surface area contributed by atoms with Crippen LogP contribution in [0.1, 0.15) is 39.2 Å². The van der Waals surface area contributed by atoms with Gasteiger partial charge in [-0.1, -0.05) is 25.5 Å². The van der Waals surface area contributed by atoms with Crippen LogP contribution in [0.25, 0.3) is 0 Å². The zero-order valence-corrected chi connectivity index (χ0v) is 16.0. The molecule has 0 aromatic heterocycles. The number of hydrogen-bond acceptors (Lipinski definition) is 3. The molecule has 1 amide bonds. The highest BCUT2D eigenvalue weighted by Crippen LogP contribution is 2.14. The van der Waals surface area contributed by atoms with E-state index < -0.39 is 0 Å². The number of nitrogens with one attached hydrogen (secondary N) is 2. The van der Waals surface area contributed by atoms with Crippen molar-refractivity contribution in [3.63, 3.8) is 0 Å². The molecule has 1 aromatic carbocycles. The number of benzene rings is 1. The van der Waals surface area contributed by atoms with Gasteiger partial charge in [-0.05, 0) is 38.0 Å². The molecule has 0 aliphatic heterocycles. The molecule has 6 nitrogen and oxygen atoms in total. The molecule has 0 spiro atoms. The summed E-state index contributed by atoms with van der Waals surface area (Å²) >= 11 is 0. The fourth-order valence-corrected chi connectivity index (χ4v) is 2.27. The highest BCUT2D eigenvalue weighted by atomic mass is 16.5. The molecule has 25 heavy (non-hydrogen) atoms. The molecule has 0 atom stereocenters. The van der Waals surface area contributed by atoms with Gasteiger partial charge in [-0.3, -0.25) is 4.79 Å². The Balaban J connectivity index is 2.66. The van der Waals surface area contributed by atoms with E-state index in [1.807, 2.05) is 31.2 Å². The first kappa shape index (κ1) is 20.8. The Hall–Kier alpha value is -2.24. The third-order valence-electron chi connectivity index (χ3n) is 3.60. The second kappa shape index (κ2) is 12.2. The topological polar surface area (TPSA) is 66.0 Å². The zero-order chi connectivity index (χ0) is 18.5. The Morgan fingerprint density at radius 3 is 2.64 bits per heavy atom. The van der Waals surface area contributed by atoms with E-state index in [1.54, 1.807) is 0 Å². The molecule has 2 N–H and O–H groups in total. The van der Waals surface area contributed by atoms with E-state index in [0.29, 0.717) is 18.8 Å². The lowest BCUT2D eigenvalue weighted by Crippen LogP contribution is -2.39. The molecule has 140 valence electrons. The largest absolute Gasteiger partial charge is 0.484 e. The van der Waals surface area contributed by atoms with E-state index in [0.717, 1.165) is 37.5 Å². The second-order valence-electron chi connectivity index (χ2n) is 5.83. The maximum absolute atomic E-state index is 11.5. The van der Waals surface area contributed by atoms with Crippen molar-refractivity contribution in [3.05, 3.63) is 29.8 Å². The van der Waals surface area contributed by atoms with Gasteiger partial charge in [-0.15, -0.1) is 0 Å². The van der Waals surface area contributed by atoms with Crippen LogP contribution in [0.2, 0.25) is 0 Å². The van der Waals surface area contributed by atoms with E-state index in [-0.39, 0.29) is 12.5 Å². The number of unbranched alkanes of at least 4 members (excludes halogenated alkanes) is 1. The third-order valence-corrected chi connectivity index (χ3v) is 3.60. The first-order chi connectivity index (χ1) is 12.1. The van der Waals surface area contributed by atoms with Gasteiger partial charge < -0.3 is 20.3 Å². The normalized spacial score (nSPS) is 11.1. The molecule has 0 heterocycles. The molecule has 0 saturated heterocycles. The minimum absolute atomic E-state index is 0.0307. The summed E-state index contributed by atoms with van der Waals surface area (Å²) in [6.07, 6.45) is 2.30. The smallest absolute Gasteiger partial charge is 0.257 e. The number of carbonyl (C=O) groups excluding carboxylic acids is 1. The second-order valence-corrected chi connectivity index (χ2v) is 5.83. The fourth-order valence-electron chi connectivity index (χ4n) is 2.27. The SMILES string of the molecule is CCCCN(C)C(=NCc1cccc(OCC(=O)NCC)c1)NCC. The molecule has 0 bridgehead atoms. The number of amides is 1. The van der Waals surface area contributed by atoms with Crippen molar-refractivity contribution in [1.82, 2.24) is 15.5 Å². The molecule has 0 saturated carbocycles. The number of rotatable bonds is 10. The molecular formula is C19H32N4O2. The lowest BCUT2D eigenvalue weighted by atomic mass is 10.2. The van der Waals surface area contributed by atoms with E-state index in [9.17, 15) is 4.79 Å². The minimum atomic E-state index is -0.113. The van der Waals surface area contributed by atoms with E-state index in [4.69, 9.17) is 9.73 Å². The predicted molar refractivity (Wildman–Crippen MR) is 103 cm³/mol. The first-order valence-electron chi connectivity index (χ1n) is 9.08. The number of carbonyl (C=O) groups is 1. The molecule has 0 aliphatic carbocycles. The van der Waals surface area contributed by atoms with Crippen LogP contribution in [0.15, 0.2) is 29.3 Å². The third kappa shape index (κ3) is 8.42. The van der Waals surface area contributed by atoms with Gasteiger partial charge in [0.2, 0.25) is 0 Å². The Kier molecular flexibility index (Phi) is 10.1. The van der Waals surface area contributed by atoms with Gasteiger partial charge in [-0.2, -0.15) is 0 Å². The van der Waals surface area contributed by atoms with Gasteiger partial charge in [-0.25, -0.2) is 4.99 Å². The highest BCUT2D eigenvalue weighted by Gasteiger charge is 2.05. The van der Waals surface area contributed by atoms with E-state index >= 15 is 0 Å². The van der Waals surface area contributed by atoms with Crippen LogP contribution >= 0.6 is 0 Å². The number of guanidine groups is 1. The number of hydrogen-bond donors (Lipinski definition) is 2. The Bertz CT molecular complexity index is 546. The average Bonchev–Trinajstić information content (AvgIpc) is 2.62. The monoisotopic (exact) mass is 348 g/mol. The van der Waals surface area contributed by atoms with Crippen molar-refractivity contribution >= 4 is 11.9 Å². The Morgan fingerprint density at radius 1 is 1.20 bits per heavy atom. The lowest BCUT2D eigenvalue weighted by molar-refractivity contribution is -0.122. The first-order valence-corrected chi connectivity index (χ1v) is 9.08. The van der Waals surface area contributed by atoms with Gasteiger partial charge in [0, 0.05) is 26.7 Å². The van der Waals surface area contributed by atoms with Crippen molar-refractivity contribution in [2.24, 2.45) is 4.99 Å². The molecule has 0 radical (unpaired) electrons. The summed E-state index contributed by atoms with van der Waals surface area (Å²) in [4.78, 5) is 18.3. The van der Waals surface area contributed by atoms with E-state index in [1.165, 1.54) is 0 Å². The summed E-state index contributed by atoms with van der Waals surface area (Å²) in [6, 6.07) is 7.72. The van der Waals surface area contributed by atoms with Crippen LogP contribution in [0.5, 0.6) is 5.75 Å². The number of ether oxygens (including phenoxy) is 1. The van der Waals surface area contributed by atoms with Crippen LogP contribution in [0.3, 0.4) is 0 Å². The summed E-state index contributed by atoms with van der Waals surface area (Å²) in [6.45, 7) is 9.16. The predicted octanol–water partition coefficient (Wildman–Crippen LogP) is 2.40. The van der Waals surface area contributed by atoms with Crippen LogP contribution < -0.4 is 15.4 Å². The molecule has 6 heteroatoms. The summed E-state index contributed by atoms with van der Waals surface area (Å²) < 4.78 is 5.53. The molecular weight excluding hydrogens is 316 g/mol. The highest BCUT2D eigenvalue weighted by molar-refractivity contribution is 5.79. The number of aliphatic imine (C=N–C) groups is 1. The van der Waals surface area contributed by atoms with Crippen molar-refractivity contribution < 1.29 is 9.53 Å². The van der Waals surface area contributed by atoms with E-state index in [2.05, 4.69) is 36.4 Å². The molecule has 0 aliphatic rings. The van der Waals surface area contributed by atoms with Crippen molar-refractivity contribution in [3.8, 4) is 5.75 Å². The standard InChI is InChI=1S/C19H32N4O2/c1-5-8-12-23(4)19(21-7-3)22-14-16-10-9-11-17(13-16)25-15-18(24)20-6-2/h9-11,13H,5-8,12,14-15H2,1-4H3,(H,20,24)(H,21,22). The molecule has 0 unspecified atom stereocenters. The van der Waals surface area contributed by atoms with Crippen molar-refractivity contribution in [2.75, 3.05) is 33.3 Å². The summed E-state index contributed by atoms with van der Waals surface area (Å²) in [5, 5.41) is 6.04. The number of likely N-dealkylation sites (N-methyl/N-ethyl adjacent to an activating group) is 1. The molecule has 0 fully saturated rings. The quantitative estimate of drug-likeness (QED) is 0.503. The van der Waals surface area contributed by atoms with Crippen LogP contribution in [-0.4, -0.2) is 50.1 Å². The lowest BCUT2D eigenvalue weighted by Gasteiger charge is -2.21. The Morgan fingerprint density at radius 2 is 1.96 bits per heavy atom. The zero-order valence-electron chi connectivity index (χ0n) is 16.0. The minimum Gasteiger partial charge on any atom is -0.484 e. The maximum Gasteiger partial charge on any atom is 0.257 e. The maximum atomic E-state index is 11.5. The van der Waals surface area contributed by atoms with Crippen LogP contribution in [0, 0.1) is 0 Å². The fraction of sp³-hybridized carbons (Fsp3) is 0.579. The van der Waals surface area contributed by atoms with Gasteiger partial charge in [0.15, 0.2) is 12.6 Å². The van der Waals surface area contributed by atoms with Crippen molar-refractivity contribution in [1.29, 1.82) is 0 Å². The van der Waals surface area contributed by atoms with Crippen LogP contribution in [-0.2, 0) is 11.3 Å². The van der Waals surface area contributed by atoms with Gasteiger partial charge in [0.05, 0.1) is 6.54 Å². The molecule has 1 aromatic rings. The van der Waals surface area contributed by atoms with Gasteiger partial charge >= 0.3 is 0 Å². The summed E-state index contributed by atoms with van der Waals surface area (Å²) in [5.41, 5.74) is 1.05. The molecule has 1 rings (SSSR count). The summed E-state index contributed by atoms with van der Waals surface area (Å²) in [7, 11) is 2.06. The Labute approximate surface area is 151 Å².